The third-order valence-electron chi connectivity index (χ3n) is 5.55. The molecule has 0 radical (unpaired) electrons. The van der Waals surface area contributed by atoms with Crippen LogP contribution in [-0.4, -0.2) is 51.8 Å². The smallest absolute Gasteiger partial charge is 0.396 e. The summed E-state index contributed by atoms with van der Waals surface area (Å²) in [6.45, 7) is 1.11. The number of pyridine rings is 1. The minimum atomic E-state index is -4.59. The van der Waals surface area contributed by atoms with Gasteiger partial charge in [-0.2, -0.15) is 13.2 Å². The Kier molecular flexibility index (Phi) is 5.57. The van der Waals surface area contributed by atoms with E-state index in [1.807, 2.05) is 5.32 Å². The van der Waals surface area contributed by atoms with Gasteiger partial charge in [-0.3, -0.25) is 14.4 Å². The maximum atomic E-state index is 12.8. The van der Waals surface area contributed by atoms with Gasteiger partial charge in [-0.15, -0.1) is 0 Å². The van der Waals surface area contributed by atoms with Crippen molar-refractivity contribution in [2.75, 3.05) is 13.2 Å². The van der Waals surface area contributed by atoms with E-state index in [0.717, 1.165) is 0 Å². The van der Waals surface area contributed by atoms with Crippen molar-refractivity contribution in [2.45, 2.75) is 38.7 Å². The minimum absolute atomic E-state index is 0.0594. The number of hydrogen-bond donors (Lipinski definition) is 2. The molecule has 2 bridgehead atoms. The molecule has 3 heterocycles. The normalized spacial score (nSPS) is 25.9. The minimum Gasteiger partial charge on any atom is -0.396 e. The molecular formula is C19H22F3N3O4. The second kappa shape index (κ2) is 7.66. The van der Waals surface area contributed by atoms with Gasteiger partial charge in [-0.1, -0.05) is 12.2 Å². The van der Waals surface area contributed by atoms with Crippen LogP contribution in [0.15, 0.2) is 23.0 Å². The lowest BCUT2D eigenvalue weighted by atomic mass is 9.86. The number of rotatable bonds is 4. The zero-order valence-corrected chi connectivity index (χ0v) is 15.9. The number of amides is 2. The van der Waals surface area contributed by atoms with Crippen molar-refractivity contribution in [3.63, 3.8) is 0 Å². The fraction of sp³-hybridized carbons (Fsp3) is 0.526. The molecule has 0 aromatic carbocycles. The SMILES string of the molecule is C/C=C\c1ccc2n(c1=O)C[C@@H]1[C@@H](CO)[C@H](C(=O)NCC(F)(F)F)[C@H]2N1C(C)=O. The van der Waals surface area contributed by atoms with E-state index in [4.69, 9.17) is 0 Å². The number of carbonyl (C=O) groups is 2. The Bertz CT molecular complexity index is 909. The zero-order chi connectivity index (χ0) is 21.5. The van der Waals surface area contributed by atoms with E-state index in [9.17, 15) is 32.7 Å². The van der Waals surface area contributed by atoms with E-state index in [1.54, 1.807) is 31.2 Å². The Hall–Kier alpha value is -2.62. The molecule has 10 heteroatoms. The van der Waals surface area contributed by atoms with Crippen LogP contribution in [-0.2, 0) is 16.1 Å². The van der Waals surface area contributed by atoms with E-state index in [1.165, 1.54) is 16.4 Å². The molecule has 7 nitrogen and oxygen atoms in total. The van der Waals surface area contributed by atoms with Crippen LogP contribution in [0.5, 0.6) is 0 Å². The van der Waals surface area contributed by atoms with Gasteiger partial charge in [0, 0.05) is 37.3 Å². The van der Waals surface area contributed by atoms with E-state index in [-0.39, 0.29) is 18.0 Å². The van der Waals surface area contributed by atoms with Crippen molar-refractivity contribution < 1.29 is 27.9 Å². The largest absolute Gasteiger partial charge is 0.405 e. The number of nitrogens with zero attached hydrogens (tertiary/aromatic N) is 2. The van der Waals surface area contributed by atoms with Gasteiger partial charge in [0.05, 0.1) is 18.0 Å². The van der Waals surface area contributed by atoms with E-state index < -0.39 is 49.2 Å². The number of aliphatic hydroxyl groups excluding tert-OH is 1. The number of halogens is 3. The first kappa shape index (κ1) is 21.1. The van der Waals surface area contributed by atoms with E-state index in [0.29, 0.717) is 11.3 Å². The molecule has 3 rings (SSSR count). The summed E-state index contributed by atoms with van der Waals surface area (Å²) in [4.78, 5) is 39.2. The Balaban J connectivity index is 2.09. The number of fused-ring (bicyclic) bond motifs is 4. The van der Waals surface area contributed by atoms with Gasteiger partial charge in [0.15, 0.2) is 0 Å². The van der Waals surface area contributed by atoms with Gasteiger partial charge in [-0.05, 0) is 19.1 Å². The lowest BCUT2D eigenvalue weighted by Crippen LogP contribution is -2.48. The average molecular weight is 413 g/mol. The predicted octanol–water partition coefficient (Wildman–Crippen LogP) is 1.07. The summed E-state index contributed by atoms with van der Waals surface area (Å²) in [5.74, 6) is -3.17. The number of aliphatic hydroxyl groups is 1. The fourth-order valence-electron chi connectivity index (χ4n) is 4.47. The summed E-state index contributed by atoms with van der Waals surface area (Å²) >= 11 is 0. The predicted molar refractivity (Wildman–Crippen MR) is 97.6 cm³/mol. The Labute approximate surface area is 164 Å². The molecule has 1 fully saturated rings. The van der Waals surface area contributed by atoms with Gasteiger partial charge in [0.25, 0.3) is 5.56 Å². The van der Waals surface area contributed by atoms with Gasteiger partial charge < -0.3 is 19.9 Å². The van der Waals surface area contributed by atoms with Gasteiger partial charge in [0.2, 0.25) is 11.8 Å². The van der Waals surface area contributed by atoms with Gasteiger partial charge in [-0.25, -0.2) is 0 Å². The summed E-state index contributed by atoms with van der Waals surface area (Å²) in [6, 6.07) is 1.57. The summed E-state index contributed by atoms with van der Waals surface area (Å²) in [7, 11) is 0. The molecule has 1 saturated heterocycles. The van der Waals surface area contributed by atoms with Crippen LogP contribution in [0.2, 0.25) is 0 Å². The Morgan fingerprint density at radius 2 is 2.03 bits per heavy atom. The topological polar surface area (TPSA) is 91.6 Å². The van der Waals surface area contributed by atoms with E-state index in [2.05, 4.69) is 0 Å². The quantitative estimate of drug-likeness (QED) is 0.773. The number of hydrogen-bond acceptors (Lipinski definition) is 4. The maximum absolute atomic E-state index is 12.8. The molecule has 1 aromatic heterocycles. The molecule has 2 aliphatic rings. The standard InChI is InChI=1S/C19H22F3N3O4/c1-3-4-11-5-6-13-16-15(17(28)23-9-19(20,21)22)12(8-26)14(25(16)10(2)27)7-24(13)18(11)29/h3-6,12,14-16,26H,7-9H2,1-2H3,(H,23,28)/b4-3-/t12-,14-,15+,16+/m1/s1. The molecule has 2 amide bonds. The van der Waals surface area contributed by atoms with Crippen LogP contribution < -0.4 is 10.9 Å². The highest BCUT2D eigenvalue weighted by atomic mass is 19.4. The van der Waals surface area contributed by atoms with Gasteiger partial charge >= 0.3 is 6.18 Å². The molecule has 2 N–H and O–H groups in total. The molecular weight excluding hydrogens is 391 g/mol. The van der Waals surface area contributed by atoms with Crippen molar-refractivity contribution in [2.24, 2.45) is 11.8 Å². The summed E-state index contributed by atoms with van der Waals surface area (Å²) < 4.78 is 39.2. The summed E-state index contributed by atoms with van der Waals surface area (Å²) in [6.07, 6.45) is -1.26. The highest BCUT2D eigenvalue weighted by molar-refractivity contribution is 5.83. The highest BCUT2D eigenvalue weighted by Gasteiger charge is 2.57. The average Bonchev–Trinajstić information content (AvgIpc) is 2.89. The first-order valence-corrected chi connectivity index (χ1v) is 9.21. The second-order valence-corrected chi connectivity index (χ2v) is 7.27. The lowest BCUT2D eigenvalue weighted by Gasteiger charge is -2.37. The first-order valence-electron chi connectivity index (χ1n) is 9.21. The van der Waals surface area contributed by atoms with Crippen molar-refractivity contribution >= 4 is 17.9 Å². The second-order valence-electron chi connectivity index (χ2n) is 7.27. The lowest BCUT2D eigenvalue weighted by molar-refractivity contribution is -0.143. The third-order valence-corrected chi connectivity index (χ3v) is 5.55. The first-order chi connectivity index (χ1) is 13.6. The molecule has 2 aliphatic heterocycles. The Morgan fingerprint density at radius 1 is 1.34 bits per heavy atom. The molecule has 158 valence electrons. The molecule has 29 heavy (non-hydrogen) atoms. The van der Waals surface area contributed by atoms with Crippen molar-refractivity contribution in [3.05, 3.63) is 39.8 Å². The van der Waals surface area contributed by atoms with Crippen LogP contribution >= 0.6 is 0 Å². The molecule has 4 atom stereocenters. The molecule has 0 aliphatic carbocycles. The number of carbonyl (C=O) groups excluding carboxylic acids is 2. The Morgan fingerprint density at radius 3 is 2.59 bits per heavy atom. The molecule has 0 spiro atoms. The number of alkyl halides is 3. The van der Waals surface area contributed by atoms with Crippen LogP contribution in [0.3, 0.4) is 0 Å². The summed E-state index contributed by atoms with van der Waals surface area (Å²) in [5, 5.41) is 11.8. The highest BCUT2D eigenvalue weighted by Crippen LogP contribution is 2.48. The third kappa shape index (κ3) is 3.68. The van der Waals surface area contributed by atoms with Crippen molar-refractivity contribution in [1.29, 1.82) is 0 Å². The molecule has 0 saturated carbocycles. The molecule has 0 unspecified atom stereocenters. The van der Waals surface area contributed by atoms with Gasteiger partial charge in [0.1, 0.15) is 6.54 Å². The number of allylic oxidation sites excluding steroid dienone is 1. The zero-order valence-electron chi connectivity index (χ0n) is 15.9. The number of aromatic nitrogens is 1. The van der Waals surface area contributed by atoms with Crippen molar-refractivity contribution in [3.8, 4) is 0 Å². The summed E-state index contributed by atoms with van der Waals surface area (Å²) in [5.41, 5.74) is 0.482. The van der Waals surface area contributed by atoms with Crippen molar-refractivity contribution in [1.82, 2.24) is 14.8 Å². The molecule has 1 aromatic rings. The van der Waals surface area contributed by atoms with E-state index >= 15 is 0 Å². The number of nitrogens with one attached hydrogen (secondary N) is 1. The monoisotopic (exact) mass is 413 g/mol. The van der Waals surface area contributed by atoms with Crippen LogP contribution in [0.25, 0.3) is 6.08 Å². The maximum Gasteiger partial charge on any atom is 0.405 e. The fourth-order valence-corrected chi connectivity index (χ4v) is 4.47. The van der Waals surface area contributed by atoms with Crippen LogP contribution in [0.1, 0.15) is 31.1 Å². The van der Waals surface area contributed by atoms with Crippen LogP contribution in [0, 0.1) is 11.8 Å². The van der Waals surface area contributed by atoms with Crippen LogP contribution in [0.4, 0.5) is 13.2 Å².